The van der Waals surface area contributed by atoms with Gasteiger partial charge in [0.05, 0.1) is 0 Å². The van der Waals surface area contributed by atoms with Crippen molar-refractivity contribution in [2.45, 2.75) is 6.92 Å². The summed E-state index contributed by atoms with van der Waals surface area (Å²) in [6, 6.07) is 11.2. The van der Waals surface area contributed by atoms with Gasteiger partial charge in [-0.2, -0.15) is 0 Å². The molecule has 0 aromatic heterocycles. The van der Waals surface area contributed by atoms with E-state index in [-0.39, 0.29) is 5.91 Å². The Kier molecular flexibility index (Phi) is 4.81. The van der Waals surface area contributed by atoms with E-state index >= 15 is 0 Å². The molecular formula is C14H10Br3NO. The highest BCUT2D eigenvalue weighted by Gasteiger charge is 2.08. The largest absolute Gasteiger partial charge is 0.322 e. The van der Waals surface area contributed by atoms with E-state index < -0.39 is 0 Å². The monoisotopic (exact) mass is 445 g/mol. The molecule has 0 radical (unpaired) electrons. The van der Waals surface area contributed by atoms with E-state index in [1.165, 1.54) is 0 Å². The second kappa shape index (κ2) is 6.20. The van der Waals surface area contributed by atoms with E-state index in [1.807, 2.05) is 31.2 Å². The zero-order valence-electron chi connectivity index (χ0n) is 10.0. The van der Waals surface area contributed by atoms with Crippen molar-refractivity contribution in [3.05, 3.63) is 60.9 Å². The molecule has 0 unspecified atom stereocenters. The predicted molar refractivity (Wildman–Crippen MR) is 88.7 cm³/mol. The van der Waals surface area contributed by atoms with Gasteiger partial charge in [-0.15, -0.1) is 0 Å². The van der Waals surface area contributed by atoms with Gasteiger partial charge in [0, 0.05) is 24.7 Å². The molecule has 0 saturated heterocycles. The topological polar surface area (TPSA) is 29.1 Å². The third kappa shape index (κ3) is 4.16. The summed E-state index contributed by atoms with van der Waals surface area (Å²) >= 11 is 10.2. The molecule has 0 heterocycles. The van der Waals surface area contributed by atoms with Gasteiger partial charge in [0.15, 0.2) is 0 Å². The molecule has 98 valence electrons. The summed E-state index contributed by atoms with van der Waals surface area (Å²) in [5.41, 5.74) is 2.45. The van der Waals surface area contributed by atoms with Gasteiger partial charge in [0.2, 0.25) is 0 Å². The van der Waals surface area contributed by atoms with Gasteiger partial charge in [-0.05, 0) is 48.9 Å². The maximum atomic E-state index is 12.2. The summed E-state index contributed by atoms with van der Waals surface area (Å²) in [5.74, 6) is -0.139. The number of hydrogen-bond donors (Lipinski definition) is 1. The van der Waals surface area contributed by atoms with Crippen molar-refractivity contribution in [3.8, 4) is 0 Å². The molecule has 0 aliphatic carbocycles. The number of benzene rings is 2. The fourth-order valence-corrected chi connectivity index (χ4v) is 3.60. The summed E-state index contributed by atoms with van der Waals surface area (Å²) in [5, 5.41) is 2.88. The molecule has 1 N–H and O–H groups in total. The molecule has 0 spiro atoms. The average Bonchev–Trinajstić information content (AvgIpc) is 2.25. The number of amides is 1. The van der Waals surface area contributed by atoms with Crippen LogP contribution < -0.4 is 5.32 Å². The molecule has 0 fully saturated rings. The third-order valence-electron chi connectivity index (χ3n) is 2.42. The summed E-state index contributed by atoms with van der Waals surface area (Å²) in [7, 11) is 0. The third-order valence-corrected chi connectivity index (χ3v) is 3.80. The van der Waals surface area contributed by atoms with Gasteiger partial charge in [0.25, 0.3) is 5.91 Å². The highest BCUT2D eigenvalue weighted by Crippen LogP contribution is 2.22. The van der Waals surface area contributed by atoms with Gasteiger partial charge in [-0.3, -0.25) is 4.79 Å². The molecule has 5 heteroatoms. The number of halogens is 3. The number of carbonyl (C=O) groups excluding carboxylic acids is 1. The number of carbonyl (C=O) groups is 1. The maximum Gasteiger partial charge on any atom is 0.255 e. The second-order valence-electron chi connectivity index (χ2n) is 4.13. The molecule has 2 aromatic rings. The minimum atomic E-state index is -0.139. The molecule has 2 nitrogen and oxygen atoms in total. The summed E-state index contributed by atoms with van der Waals surface area (Å²) in [4.78, 5) is 12.2. The first-order chi connectivity index (χ1) is 8.94. The van der Waals surface area contributed by atoms with Gasteiger partial charge in [-0.25, -0.2) is 0 Å². The van der Waals surface area contributed by atoms with Crippen molar-refractivity contribution in [2.24, 2.45) is 0 Å². The van der Waals surface area contributed by atoms with Gasteiger partial charge in [-0.1, -0.05) is 47.8 Å². The lowest BCUT2D eigenvalue weighted by atomic mass is 10.2. The van der Waals surface area contributed by atoms with Crippen LogP contribution in [0.2, 0.25) is 0 Å². The molecule has 0 aliphatic heterocycles. The number of aryl methyl sites for hydroxylation is 1. The van der Waals surface area contributed by atoms with Crippen molar-refractivity contribution in [3.63, 3.8) is 0 Å². The summed E-state index contributed by atoms with van der Waals surface area (Å²) < 4.78 is 2.66. The smallest absolute Gasteiger partial charge is 0.255 e. The molecule has 0 atom stereocenters. The summed E-state index contributed by atoms with van der Waals surface area (Å²) in [6.45, 7) is 1.98. The van der Waals surface area contributed by atoms with Crippen molar-refractivity contribution in [2.75, 3.05) is 5.32 Å². The van der Waals surface area contributed by atoms with E-state index in [4.69, 9.17) is 0 Å². The lowest BCUT2D eigenvalue weighted by Gasteiger charge is -2.08. The van der Waals surface area contributed by atoms with Crippen molar-refractivity contribution >= 4 is 59.4 Å². The lowest BCUT2D eigenvalue weighted by molar-refractivity contribution is 0.102. The molecule has 2 rings (SSSR count). The first-order valence-electron chi connectivity index (χ1n) is 5.49. The number of hydrogen-bond acceptors (Lipinski definition) is 1. The number of rotatable bonds is 2. The van der Waals surface area contributed by atoms with Crippen LogP contribution in [0.4, 0.5) is 5.69 Å². The molecule has 2 aromatic carbocycles. The quantitative estimate of drug-likeness (QED) is 0.643. The first-order valence-corrected chi connectivity index (χ1v) is 7.86. The summed E-state index contributed by atoms with van der Waals surface area (Å²) in [6.07, 6.45) is 0. The van der Waals surface area contributed by atoms with E-state index in [0.717, 1.165) is 24.7 Å². The Morgan fingerprint density at radius 3 is 2.05 bits per heavy atom. The molecule has 0 aliphatic rings. The Hall–Kier alpha value is -0.650. The van der Waals surface area contributed by atoms with Crippen LogP contribution in [-0.4, -0.2) is 5.91 Å². The Morgan fingerprint density at radius 1 is 0.895 bits per heavy atom. The van der Waals surface area contributed by atoms with Gasteiger partial charge in [0.1, 0.15) is 0 Å². The van der Waals surface area contributed by atoms with Gasteiger partial charge >= 0.3 is 0 Å². The minimum absolute atomic E-state index is 0.139. The van der Waals surface area contributed by atoms with Crippen molar-refractivity contribution in [1.82, 2.24) is 0 Å². The zero-order chi connectivity index (χ0) is 14.0. The van der Waals surface area contributed by atoms with Crippen LogP contribution in [0.5, 0.6) is 0 Å². The zero-order valence-corrected chi connectivity index (χ0v) is 14.8. The number of nitrogens with one attached hydrogen (secondary N) is 1. The molecular weight excluding hydrogens is 438 g/mol. The van der Waals surface area contributed by atoms with E-state index in [9.17, 15) is 4.79 Å². The molecule has 19 heavy (non-hydrogen) atoms. The molecule has 0 bridgehead atoms. The second-order valence-corrected chi connectivity index (χ2v) is 6.88. The SMILES string of the molecule is Cc1cc(Br)cc(NC(=O)c2cc(Br)cc(Br)c2)c1. The lowest BCUT2D eigenvalue weighted by Crippen LogP contribution is -2.12. The average molecular weight is 448 g/mol. The predicted octanol–water partition coefficient (Wildman–Crippen LogP) is 5.53. The van der Waals surface area contributed by atoms with Crippen LogP contribution in [0, 0.1) is 6.92 Å². The number of anilines is 1. The highest BCUT2D eigenvalue weighted by molar-refractivity contribution is 9.11. The Bertz CT molecular complexity index is 600. The fourth-order valence-electron chi connectivity index (χ4n) is 1.70. The normalized spacial score (nSPS) is 10.3. The van der Waals surface area contributed by atoms with E-state index in [1.54, 1.807) is 12.1 Å². The highest BCUT2D eigenvalue weighted by atomic mass is 79.9. The Balaban J connectivity index is 2.25. The standard InChI is InChI=1S/C14H10Br3NO/c1-8-2-10(15)7-13(3-8)18-14(19)9-4-11(16)6-12(17)5-9/h2-7H,1H3,(H,18,19). The van der Waals surface area contributed by atoms with E-state index in [2.05, 4.69) is 53.1 Å². The van der Waals surface area contributed by atoms with E-state index in [0.29, 0.717) is 5.56 Å². The maximum absolute atomic E-state index is 12.2. The van der Waals surface area contributed by atoms with Crippen LogP contribution >= 0.6 is 47.8 Å². The first kappa shape index (κ1) is 14.8. The van der Waals surface area contributed by atoms with Crippen LogP contribution in [0.1, 0.15) is 15.9 Å². The van der Waals surface area contributed by atoms with Gasteiger partial charge < -0.3 is 5.32 Å². The minimum Gasteiger partial charge on any atom is -0.322 e. The van der Waals surface area contributed by atoms with Crippen molar-refractivity contribution in [1.29, 1.82) is 0 Å². The Labute approximate surface area is 137 Å². The molecule has 0 saturated carbocycles. The molecule has 1 amide bonds. The Morgan fingerprint density at radius 2 is 1.47 bits per heavy atom. The van der Waals surface area contributed by atoms with Crippen LogP contribution in [0.25, 0.3) is 0 Å². The van der Waals surface area contributed by atoms with Crippen molar-refractivity contribution < 1.29 is 4.79 Å². The fraction of sp³-hybridized carbons (Fsp3) is 0.0714. The van der Waals surface area contributed by atoms with Crippen LogP contribution in [0.15, 0.2) is 49.8 Å². The van der Waals surface area contributed by atoms with Crippen LogP contribution in [-0.2, 0) is 0 Å². The van der Waals surface area contributed by atoms with Crippen LogP contribution in [0.3, 0.4) is 0 Å².